The highest BCUT2D eigenvalue weighted by molar-refractivity contribution is 5.88. The molecule has 0 aliphatic carbocycles. The van der Waals surface area contributed by atoms with E-state index in [2.05, 4.69) is 15.1 Å². The normalized spacial score (nSPS) is 11.8. The van der Waals surface area contributed by atoms with Crippen LogP contribution < -0.4 is 4.90 Å². The van der Waals surface area contributed by atoms with E-state index < -0.39 is 11.6 Å². The van der Waals surface area contributed by atoms with Gasteiger partial charge in [0.05, 0.1) is 6.20 Å². The molecular weight excluding hydrogens is 330 g/mol. The van der Waals surface area contributed by atoms with E-state index in [-0.39, 0.29) is 0 Å². The molecule has 0 spiro atoms. The highest BCUT2D eigenvalue weighted by Crippen LogP contribution is 2.22. The summed E-state index contributed by atoms with van der Waals surface area (Å²) in [5.74, 6) is 0.214. The zero-order valence-electron chi connectivity index (χ0n) is 15.2. The largest absolute Gasteiger partial charge is 0.457 e. The number of carbonyl (C=O) groups excluding carboxylic acids is 1. The number of esters is 1. The van der Waals surface area contributed by atoms with Crippen LogP contribution in [0.25, 0.3) is 11.7 Å². The standard InChI is InChI=1S/C19H21N5O2/c1-19(2,3)26-16(25)11-10-14-12-22-24-17(14)20-13-21-18(24)23(4)15-8-6-5-7-9-15/h5-13H,1-4H3/b11-10+. The van der Waals surface area contributed by atoms with Crippen molar-refractivity contribution in [2.75, 3.05) is 11.9 Å². The molecule has 2 aromatic heterocycles. The summed E-state index contributed by atoms with van der Waals surface area (Å²) in [5.41, 5.74) is 1.77. The Bertz CT molecular complexity index is 941. The number of hydrogen-bond acceptors (Lipinski definition) is 6. The van der Waals surface area contributed by atoms with Crippen LogP contribution >= 0.6 is 0 Å². The van der Waals surface area contributed by atoms with E-state index in [0.717, 1.165) is 5.69 Å². The minimum atomic E-state index is -0.532. The lowest BCUT2D eigenvalue weighted by atomic mass is 10.2. The van der Waals surface area contributed by atoms with Gasteiger partial charge in [0.15, 0.2) is 5.65 Å². The lowest BCUT2D eigenvalue weighted by molar-refractivity contribution is -0.148. The Morgan fingerprint density at radius 1 is 1.19 bits per heavy atom. The second kappa shape index (κ2) is 6.95. The molecule has 0 saturated carbocycles. The third kappa shape index (κ3) is 3.88. The molecule has 0 saturated heterocycles. The number of anilines is 2. The summed E-state index contributed by atoms with van der Waals surface area (Å²) in [7, 11) is 1.91. The van der Waals surface area contributed by atoms with Crippen LogP contribution in [0.15, 0.2) is 48.9 Å². The molecule has 0 bridgehead atoms. The molecule has 7 nitrogen and oxygen atoms in total. The van der Waals surface area contributed by atoms with Crippen LogP contribution in [0.3, 0.4) is 0 Å². The summed E-state index contributed by atoms with van der Waals surface area (Å²) >= 11 is 0. The number of hydrogen-bond donors (Lipinski definition) is 0. The number of rotatable bonds is 4. The molecule has 134 valence electrons. The SMILES string of the molecule is CN(c1ccccc1)c1ncnc2c(/C=C/C(=O)OC(C)(C)C)cnn12. The molecule has 0 amide bonds. The molecule has 0 atom stereocenters. The average Bonchev–Trinajstić information content (AvgIpc) is 3.02. The van der Waals surface area contributed by atoms with E-state index in [1.54, 1.807) is 16.8 Å². The third-order valence-corrected chi connectivity index (χ3v) is 3.56. The van der Waals surface area contributed by atoms with E-state index in [1.807, 2.05) is 63.1 Å². The molecule has 3 aromatic rings. The molecule has 7 heteroatoms. The van der Waals surface area contributed by atoms with Crippen LogP contribution in [0.2, 0.25) is 0 Å². The van der Waals surface area contributed by atoms with Crippen LogP contribution in [0.1, 0.15) is 26.3 Å². The van der Waals surface area contributed by atoms with Gasteiger partial charge in [0.2, 0.25) is 5.95 Å². The zero-order valence-corrected chi connectivity index (χ0v) is 15.2. The monoisotopic (exact) mass is 351 g/mol. The first-order chi connectivity index (χ1) is 12.3. The van der Waals surface area contributed by atoms with E-state index in [9.17, 15) is 4.79 Å². The Labute approximate surface area is 151 Å². The van der Waals surface area contributed by atoms with Gasteiger partial charge in [0, 0.05) is 24.4 Å². The van der Waals surface area contributed by atoms with Gasteiger partial charge in [-0.25, -0.2) is 14.8 Å². The highest BCUT2D eigenvalue weighted by Gasteiger charge is 2.15. The molecule has 0 N–H and O–H groups in total. The predicted molar refractivity (Wildman–Crippen MR) is 100 cm³/mol. The van der Waals surface area contributed by atoms with Crippen molar-refractivity contribution in [1.29, 1.82) is 0 Å². The smallest absolute Gasteiger partial charge is 0.331 e. The molecule has 3 rings (SSSR count). The average molecular weight is 351 g/mol. The summed E-state index contributed by atoms with van der Waals surface area (Å²) in [6, 6.07) is 9.85. The molecule has 0 unspecified atom stereocenters. The van der Waals surface area contributed by atoms with Gasteiger partial charge >= 0.3 is 5.97 Å². The molecular formula is C19H21N5O2. The second-order valence-electron chi connectivity index (χ2n) is 6.77. The summed E-state index contributed by atoms with van der Waals surface area (Å²) < 4.78 is 6.91. The lowest BCUT2D eigenvalue weighted by Gasteiger charge is -2.18. The van der Waals surface area contributed by atoms with E-state index in [1.165, 1.54) is 12.4 Å². The van der Waals surface area contributed by atoms with Gasteiger partial charge < -0.3 is 9.64 Å². The fraction of sp³-hybridized carbons (Fsp3) is 0.263. The van der Waals surface area contributed by atoms with Crippen molar-refractivity contribution >= 4 is 29.3 Å². The Morgan fingerprint density at radius 2 is 1.92 bits per heavy atom. The minimum absolute atomic E-state index is 0.410. The van der Waals surface area contributed by atoms with Crippen LogP contribution in [0, 0.1) is 0 Å². The number of fused-ring (bicyclic) bond motifs is 1. The molecule has 0 aliphatic heterocycles. The van der Waals surface area contributed by atoms with Gasteiger partial charge in [-0.3, -0.25) is 0 Å². The Kier molecular flexibility index (Phi) is 4.71. The van der Waals surface area contributed by atoms with Gasteiger partial charge in [-0.15, -0.1) is 0 Å². The first kappa shape index (κ1) is 17.6. The fourth-order valence-electron chi connectivity index (χ4n) is 2.43. The Balaban J connectivity index is 1.91. The summed E-state index contributed by atoms with van der Waals surface area (Å²) in [5, 5.41) is 4.36. The maximum Gasteiger partial charge on any atom is 0.331 e. The molecule has 2 heterocycles. The van der Waals surface area contributed by atoms with Crippen LogP contribution in [-0.2, 0) is 9.53 Å². The van der Waals surface area contributed by atoms with Gasteiger partial charge in [-0.2, -0.15) is 9.61 Å². The molecule has 0 fully saturated rings. The molecule has 0 aliphatic rings. The zero-order chi connectivity index (χ0) is 18.7. The van der Waals surface area contributed by atoms with Gasteiger partial charge in [0.25, 0.3) is 0 Å². The molecule has 1 aromatic carbocycles. The lowest BCUT2D eigenvalue weighted by Crippen LogP contribution is -2.22. The molecule has 0 radical (unpaired) electrons. The van der Waals surface area contributed by atoms with Crippen molar-refractivity contribution in [3.8, 4) is 0 Å². The number of benzene rings is 1. The second-order valence-corrected chi connectivity index (χ2v) is 6.77. The van der Waals surface area contributed by atoms with E-state index in [0.29, 0.717) is 17.2 Å². The fourth-order valence-corrected chi connectivity index (χ4v) is 2.43. The van der Waals surface area contributed by atoms with Gasteiger partial charge in [0.1, 0.15) is 11.9 Å². The Morgan fingerprint density at radius 3 is 2.62 bits per heavy atom. The highest BCUT2D eigenvalue weighted by atomic mass is 16.6. The molecule has 26 heavy (non-hydrogen) atoms. The maximum absolute atomic E-state index is 11.9. The predicted octanol–water partition coefficient (Wildman–Crippen LogP) is 3.25. The quantitative estimate of drug-likeness (QED) is 0.531. The van der Waals surface area contributed by atoms with Crippen molar-refractivity contribution in [3.05, 3.63) is 54.5 Å². The van der Waals surface area contributed by atoms with Crippen molar-refractivity contribution in [3.63, 3.8) is 0 Å². The summed E-state index contributed by atoms with van der Waals surface area (Å²) in [6.07, 6.45) is 6.16. The van der Waals surface area contributed by atoms with Gasteiger partial charge in [-0.05, 0) is 39.0 Å². The van der Waals surface area contributed by atoms with Crippen molar-refractivity contribution in [2.24, 2.45) is 0 Å². The van der Waals surface area contributed by atoms with Crippen LogP contribution in [-0.4, -0.2) is 38.2 Å². The maximum atomic E-state index is 11.9. The minimum Gasteiger partial charge on any atom is -0.457 e. The first-order valence-electron chi connectivity index (χ1n) is 8.24. The number of ether oxygens (including phenoxy) is 1. The van der Waals surface area contributed by atoms with Crippen molar-refractivity contribution in [1.82, 2.24) is 19.6 Å². The first-order valence-corrected chi connectivity index (χ1v) is 8.24. The number of carbonyl (C=O) groups is 1. The van der Waals surface area contributed by atoms with Crippen molar-refractivity contribution in [2.45, 2.75) is 26.4 Å². The summed E-state index contributed by atoms with van der Waals surface area (Å²) in [6.45, 7) is 5.48. The van der Waals surface area contributed by atoms with Crippen LogP contribution in [0.4, 0.5) is 11.6 Å². The topological polar surface area (TPSA) is 72.6 Å². The summed E-state index contributed by atoms with van der Waals surface area (Å²) in [4.78, 5) is 22.4. The van der Waals surface area contributed by atoms with E-state index in [4.69, 9.17) is 4.74 Å². The third-order valence-electron chi connectivity index (χ3n) is 3.56. The van der Waals surface area contributed by atoms with Gasteiger partial charge in [-0.1, -0.05) is 18.2 Å². The number of nitrogens with zero attached hydrogens (tertiary/aromatic N) is 5. The van der Waals surface area contributed by atoms with Crippen molar-refractivity contribution < 1.29 is 9.53 Å². The van der Waals surface area contributed by atoms with Crippen LogP contribution in [0.5, 0.6) is 0 Å². The number of aromatic nitrogens is 4. The Hall–Kier alpha value is -3.22. The van der Waals surface area contributed by atoms with E-state index >= 15 is 0 Å². The number of para-hydroxylation sites is 1.